The summed E-state index contributed by atoms with van der Waals surface area (Å²) in [5.74, 6) is -0.618. The molecule has 1 aromatic rings. The van der Waals surface area contributed by atoms with Crippen molar-refractivity contribution in [2.45, 2.75) is 19.8 Å². The lowest BCUT2D eigenvalue weighted by molar-refractivity contribution is -0.123. The van der Waals surface area contributed by atoms with Crippen LogP contribution in [0.2, 0.25) is 0 Å². The fourth-order valence-electron chi connectivity index (χ4n) is 2.45. The number of amides is 4. The number of benzene rings is 1. The molecule has 1 aromatic carbocycles. The van der Waals surface area contributed by atoms with Crippen LogP contribution in [-0.4, -0.2) is 35.8 Å². The standard InChI is InChI=1S/C15H20N4O3/c1-10(20)17-12-3-2-4-13(9-12)18-15(22)19-7-5-11(6-8-19)14(16)21/h2-4,9,11H,5-8H2,1H3,(H2,16,21)(H,17,20)(H,18,22). The molecule has 0 unspecified atom stereocenters. The Hall–Kier alpha value is -2.57. The number of nitrogens with two attached hydrogens (primary N) is 1. The van der Waals surface area contributed by atoms with Crippen molar-refractivity contribution in [3.63, 3.8) is 0 Å². The normalized spacial score (nSPS) is 15.2. The largest absolute Gasteiger partial charge is 0.369 e. The molecule has 0 bridgehead atoms. The summed E-state index contributed by atoms with van der Waals surface area (Å²) in [4.78, 5) is 36.0. The van der Waals surface area contributed by atoms with Gasteiger partial charge in [0.15, 0.2) is 0 Å². The number of likely N-dealkylation sites (tertiary alicyclic amines) is 1. The third-order valence-corrected chi connectivity index (χ3v) is 3.62. The van der Waals surface area contributed by atoms with Gasteiger partial charge in [0.2, 0.25) is 11.8 Å². The highest BCUT2D eigenvalue weighted by molar-refractivity contribution is 5.92. The summed E-state index contributed by atoms with van der Waals surface area (Å²) >= 11 is 0. The Bertz CT molecular complexity index is 580. The van der Waals surface area contributed by atoms with E-state index in [4.69, 9.17) is 5.73 Å². The van der Waals surface area contributed by atoms with Crippen LogP contribution < -0.4 is 16.4 Å². The van der Waals surface area contributed by atoms with Crippen LogP contribution in [0, 0.1) is 5.92 Å². The van der Waals surface area contributed by atoms with Crippen LogP contribution in [0.15, 0.2) is 24.3 Å². The first-order valence-electron chi connectivity index (χ1n) is 7.18. The van der Waals surface area contributed by atoms with E-state index in [0.29, 0.717) is 37.3 Å². The summed E-state index contributed by atoms with van der Waals surface area (Å²) in [5, 5.41) is 5.45. The highest BCUT2D eigenvalue weighted by Gasteiger charge is 2.25. The molecule has 0 radical (unpaired) electrons. The van der Waals surface area contributed by atoms with Gasteiger partial charge in [0.25, 0.3) is 0 Å². The number of hydrogen-bond acceptors (Lipinski definition) is 3. The Labute approximate surface area is 128 Å². The molecule has 1 heterocycles. The van der Waals surface area contributed by atoms with Crippen LogP contribution in [0.25, 0.3) is 0 Å². The highest BCUT2D eigenvalue weighted by atomic mass is 16.2. The smallest absolute Gasteiger partial charge is 0.321 e. The Balaban J connectivity index is 1.92. The van der Waals surface area contributed by atoms with E-state index in [-0.39, 0.29) is 23.8 Å². The van der Waals surface area contributed by atoms with Crippen molar-refractivity contribution in [1.82, 2.24) is 4.90 Å². The number of rotatable bonds is 3. The number of hydrogen-bond donors (Lipinski definition) is 3. The molecule has 4 N–H and O–H groups in total. The zero-order valence-electron chi connectivity index (χ0n) is 12.5. The second kappa shape index (κ2) is 6.93. The SMILES string of the molecule is CC(=O)Nc1cccc(NC(=O)N2CCC(C(N)=O)CC2)c1. The van der Waals surface area contributed by atoms with Crippen LogP contribution >= 0.6 is 0 Å². The molecule has 1 saturated heterocycles. The first kappa shape index (κ1) is 15.8. The molecule has 7 heteroatoms. The lowest BCUT2D eigenvalue weighted by atomic mass is 9.96. The summed E-state index contributed by atoms with van der Waals surface area (Å²) < 4.78 is 0. The van der Waals surface area contributed by atoms with E-state index in [1.807, 2.05) is 0 Å². The second-order valence-corrected chi connectivity index (χ2v) is 5.36. The van der Waals surface area contributed by atoms with Crippen molar-refractivity contribution in [2.75, 3.05) is 23.7 Å². The van der Waals surface area contributed by atoms with E-state index in [2.05, 4.69) is 10.6 Å². The second-order valence-electron chi connectivity index (χ2n) is 5.36. The number of anilines is 2. The predicted molar refractivity (Wildman–Crippen MR) is 83.3 cm³/mol. The molecule has 1 aliphatic heterocycles. The maximum absolute atomic E-state index is 12.2. The molecular weight excluding hydrogens is 284 g/mol. The van der Waals surface area contributed by atoms with E-state index in [1.165, 1.54) is 6.92 Å². The Kier molecular flexibility index (Phi) is 4.98. The van der Waals surface area contributed by atoms with Crippen LogP contribution in [0.4, 0.5) is 16.2 Å². The van der Waals surface area contributed by atoms with Gasteiger partial charge in [0.05, 0.1) is 0 Å². The van der Waals surface area contributed by atoms with Gasteiger partial charge in [-0.2, -0.15) is 0 Å². The van der Waals surface area contributed by atoms with E-state index in [9.17, 15) is 14.4 Å². The summed E-state index contributed by atoms with van der Waals surface area (Å²) in [7, 11) is 0. The number of nitrogens with one attached hydrogen (secondary N) is 2. The molecule has 0 aliphatic carbocycles. The lowest BCUT2D eigenvalue weighted by Crippen LogP contribution is -2.43. The first-order valence-corrected chi connectivity index (χ1v) is 7.18. The molecule has 118 valence electrons. The monoisotopic (exact) mass is 304 g/mol. The van der Waals surface area contributed by atoms with Gasteiger partial charge < -0.3 is 21.3 Å². The zero-order valence-corrected chi connectivity index (χ0v) is 12.5. The zero-order chi connectivity index (χ0) is 16.1. The van der Waals surface area contributed by atoms with Gasteiger partial charge in [-0.05, 0) is 31.0 Å². The highest BCUT2D eigenvalue weighted by Crippen LogP contribution is 2.19. The van der Waals surface area contributed by atoms with Crippen LogP contribution in [0.5, 0.6) is 0 Å². The quantitative estimate of drug-likeness (QED) is 0.785. The fraction of sp³-hybridized carbons (Fsp3) is 0.400. The Morgan fingerprint density at radius 2 is 1.73 bits per heavy atom. The predicted octanol–water partition coefficient (Wildman–Crippen LogP) is 1.37. The average molecular weight is 304 g/mol. The number of nitrogens with zero attached hydrogens (tertiary/aromatic N) is 1. The molecule has 0 saturated carbocycles. The maximum Gasteiger partial charge on any atom is 0.321 e. The molecule has 7 nitrogen and oxygen atoms in total. The van der Waals surface area contributed by atoms with Gasteiger partial charge in [0.1, 0.15) is 0 Å². The van der Waals surface area contributed by atoms with Gasteiger partial charge in [-0.25, -0.2) is 4.79 Å². The summed E-state index contributed by atoms with van der Waals surface area (Å²) in [6.45, 7) is 2.43. The molecular formula is C15H20N4O3. The molecule has 0 aromatic heterocycles. The van der Waals surface area contributed by atoms with E-state index >= 15 is 0 Å². The lowest BCUT2D eigenvalue weighted by Gasteiger charge is -2.30. The van der Waals surface area contributed by atoms with Gasteiger partial charge in [-0.1, -0.05) is 6.07 Å². The molecule has 0 spiro atoms. The van der Waals surface area contributed by atoms with Gasteiger partial charge in [-0.3, -0.25) is 9.59 Å². The maximum atomic E-state index is 12.2. The average Bonchev–Trinajstić information content (AvgIpc) is 2.47. The minimum Gasteiger partial charge on any atom is -0.369 e. The van der Waals surface area contributed by atoms with Crippen molar-refractivity contribution in [2.24, 2.45) is 11.7 Å². The minimum absolute atomic E-state index is 0.146. The van der Waals surface area contributed by atoms with Crippen molar-refractivity contribution in [3.05, 3.63) is 24.3 Å². The number of urea groups is 1. The number of piperidine rings is 1. The van der Waals surface area contributed by atoms with Crippen LogP contribution in [0.3, 0.4) is 0 Å². The van der Waals surface area contributed by atoms with E-state index in [0.717, 1.165) is 0 Å². The number of primary amides is 1. The summed E-state index contributed by atoms with van der Waals surface area (Å²) in [6.07, 6.45) is 1.18. The van der Waals surface area contributed by atoms with Crippen LogP contribution in [0.1, 0.15) is 19.8 Å². The van der Waals surface area contributed by atoms with Crippen molar-refractivity contribution in [1.29, 1.82) is 0 Å². The molecule has 0 atom stereocenters. The van der Waals surface area contributed by atoms with Gasteiger partial charge in [-0.15, -0.1) is 0 Å². The summed E-state index contributed by atoms with van der Waals surface area (Å²) in [6, 6.07) is 6.72. The Morgan fingerprint density at radius 1 is 1.14 bits per heavy atom. The van der Waals surface area contributed by atoms with Crippen LogP contribution in [-0.2, 0) is 9.59 Å². The fourth-order valence-corrected chi connectivity index (χ4v) is 2.45. The van der Waals surface area contributed by atoms with Gasteiger partial charge in [0, 0.05) is 37.3 Å². The van der Waals surface area contributed by atoms with Crippen molar-refractivity contribution in [3.8, 4) is 0 Å². The molecule has 2 rings (SSSR count). The molecule has 4 amide bonds. The number of carbonyl (C=O) groups is 3. The Morgan fingerprint density at radius 3 is 2.27 bits per heavy atom. The number of carbonyl (C=O) groups excluding carboxylic acids is 3. The summed E-state index contributed by atoms with van der Waals surface area (Å²) in [5.41, 5.74) is 6.50. The molecule has 22 heavy (non-hydrogen) atoms. The van der Waals surface area contributed by atoms with Crippen molar-refractivity contribution < 1.29 is 14.4 Å². The van der Waals surface area contributed by atoms with E-state index in [1.54, 1.807) is 29.2 Å². The van der Waals surface area contributed by atoms with Gasteiger partial charge >= 0.3 is 6.03 Å². The molecule has 1 aliphatic rings. The third-order valence-electron chi connectivity index (χ3n) is 3.62. The van der Waals surface area contributed by atoms with E-state index < -0.39 is 0 Å². The first-order chi connectivity index (χ1) is 10.5. The minimum atomic E-state index is -0.303. The van der Waals surface area contributed by atoms with Crippen molar-refractivity contribution >= 4 is 29.2 Å². The third kappa shape index (κ3) is 4.21. The molecule has 1 fully saturated rings. The topological polar surface area (TPSA) is 105 Å².